The minimum absolute atomic E-state index is 0.460. The van der Waals surface area contributed by atoms with Crippen LogP contribution in [0.2, 0.25) is 0 Å². The van der Waals surface area contributed by atoms with Gasteiger partial charge in [-0.05, 0) is 25.5 Å². The van der Waals surface area contributed by atoms with Crippen molar-refractivity contribution in [1.29, 1.82) is 0 Å². The lowest BCUT2D eigenvalue weighted by molar-refractivity contribution is 0.752. The molecule has 1 fully saturated rings. The topological polar surface area (TPSA) is 66.0 Å². The highest BCUT2D eigenvalue weighted by atomic mass is 32.2. The van der Waals surface area contributed by atoms with E-state index in [1.165, 1.54) is 19.3 Å². The summed E-state index contributed by atoms with van der Waals surface area (Å²) < 4.78 is 0. The summed E-state index contributed by atoms with van der Waals surface area (Å²) in [5.74, 6) is 3.15. The van der Waals surface area contributed by atoms with Gasteiger partial charge in [0.25, 0.3) is 0 Å². The lowest BCUT2D eigenvalue weighted by atomic mass is 10.2. The van der Waals surface area contributed by atoms with E-state index >= 15 is 0 Å². The minimum Gasteiger partial charge on any atom is -0.354 e. The van der Waals surface area contributed by atoms with E-state index in [9.17, 15) is 0 Å². The van der Waals surface area contributed by atoms with Crippen LogP contribution in [0.5, 0.6) is 0 Å². The average molecular weight is 310 g/mol. The molecule has 118 valence electrons. The highest BCUT2D eigenvalue weighted by molar-refractivity contribution is 7.99. The SMILES string of the molecule is CCNc1nc(NC2CCCC2SCC)nc(N(C)C)n1. The van der Waals surface area contributed by atoms with Crippen molar-refractivity contribution in [3.05, 3.63) is 0 Å². The van der Waals surface area contributed by atoms with E-state index in [0.717, 1.165) is 12.3 Å². The Morgan fingerprint density at radius 2 is 1.90 bits per heavy atom. The smallest absolute Gasteiger partial charge is 0.231 e. The summed E-state index contributed by atoms with van der Waals surface area (Å²) in [4.78, 5) is 15.3. The molecule has 2 rings (SSSR count). The van der Waals surface area contributed by atoms with Crippen molar-refractivity contribution in [1.82, 2.24) is 15.0 Å². The highest BCUT2D eigenvalue weighted by Gasteiger charge is 2.28. The van der Waals surface area contributed by atoms with Gasteiger partial charge >= 0.3 is 0 Å². The minimum atomic E-state index is 0.460. The summed E-state index contributed by atoms with van der Waals surface area (Å²) >= 11 is 2.03. The number of hydrogen-bond donors (Lipinski definition) is 2. The molecule has 21 heavy (non-hydrogen) atoms. The zero-order chi connectivity index (χ0) is 15.2. The third kappa shape index (κ3) is 4.36. The van der Waals surface area contributed by atoms with Crippen molar-refractivity contribution in [3.63, 3.8) is 0 Å². The molecule has 0 spiro atoms. The third-order valence-electron chi connectivity index (χ3n) is 3.51. The first-order valence-corrected chi connectivity index (χ1v) is 8.74. The van der Waals surface area contributed by atoms with E-state index in [2.05, 4.69) is 32.5 Å². The molecule has 1 aliphatic carbocycles. The van der Waals surface area contributed by atoms with E-state index in [1.54, 1.807) is 0 Å². The molecule has 0 aromatic carbocycles. The fourth-order valence-electron chi connectivity index (χ4n) is 2.54. The Morgan fingerprint density at radius 1 is 1.14 bits per heavy atom. The molecule has 1 aromatic rings. The summed E-state index contributed by atoms with van der Waals surface area (Å²) in [7, 11) is 3.89. The van der Waals surface area contributed by atoms with E-state index in [0.29, 0.717) is 29.1 Å². The maximum Gasteiger partial charge on any atom is 0.231 e. The van der Waals surface area contributed by atoms with Crippen LogP contribution in [-0.2, 0) is 0 Å². The molecule has 2 atom stereocenters. The third-order valence-corrected chi connectivity index (χ3v) is 4.83. The van der Waals surface area contributed by atoms with Crippen molar-refractivity contribution < 1.29 is 0 Å². The molecule has 0 saturated heterocycles. The van der Waals surface area contributed by atoms with Crippen LogP contribution < -0.4 is 15.5 Å². The van der Waals surface area contributed by atoms with Gasteiger partial charge in [0.05, 0.1) is 0 Å². The molecule has 1 heterocycles. The predicted molar refractivity (Wildman–Crippen MR) is 91.5 cm³/mol. The summed E-state index contributed by atoms with van der Waals surface area (Å²) in [6.07, 6.45) is 3.75. The number of nitrogens with one attached hydrogen (secondary N) is 2. The van der Waals surface area contributed by atoms with Gasteiger partial charge in [0, 0.05) is 31.9 Å². The first kappa shape index (κ1) is 16.1. The van der Waals surface area contributed by atoms with Crippen molar-refractivity contribution in [2.45, 2.75) is 44.4 Å². The molecule has 1 aromatic heterocycles. The molecule has 2 N–H and O–H groups in total. The molecule has 0 amide bonds. The quantitative estimate of drug-likeness (QED) is 0.802. The van der Waals surface area contributed by atoms with Crippen LogP contribution in [0.1, 0.15) is 33.1 Å². The summed E-state index contributed by atoms with van der Waals surface area (Å²) in [6, 6.07) is 0.460. The van der Waals surface area contributed by atoms with Crippen molar-refractivity contribution in [2.75, 3.05) is 41.9 Å². The monoisotopic (exact) mass is 310 g/mol. The zero-order valence-electron chi connectivity index (χ0n) is 13.4. The largest absolute Gasteiger partial charge is 0.354 e. The van der Waals surface area contributed by atoms with Crippen LogP contribution >= 0.6 is 11.8 Å². The van der Waals surface area contributed by atoms with Gasteiger partial charge < -0.3 is 15.5 Å². The average Bonchev–Trinajstić information content (AvgIpc) is 2.86. The highest BCUT2D eigenvalue weighted by Crippen LogP contribution is 2.31. The zero-order valence-corrected chi connectivity index (χ0v) is 14.2. The van der Waals surface area contributed by atoms with Gasteiger partial charge in [-0.2, -0.15) is 26.7 Å². The number of thioether (sulfide) groups is 1. The number of nitrogens with zero attached hydrogens (tertiary/aromatic N) is 4. The second-order valence-corrected chi connectivity index (χ2v) is 6.90. The van der Waals surface area contributed by atoms with Crippen LogP contribution in [-0.4, -0.2) is 52.6 Å². The van der Waals surface area contributed by atoms with Gasteiger partial charge in [-0.25, -0.2) is 0 Å². The molecule has 0 radical (unpaired) electrons. The molecular formula is C14H26N6S. The van der Waals surface area contributed by atoms with Crippen LogP contribution in [0.15, 0.2) is 0 Å². The Morgan fingerprint density at radius 3 is 2.57 bits per heavy atom. The lowest BCUT2D eigenvalue weighted by Crippen LogP contribution is -2.28. The number of aromatic nitrogens is 3. The summed E-state index contributed by atoms with van der Waals surface area (Å²) in [6.45, 7) is 5.06. The van der Waals surface area contributed by atoms with Gasteiger partial charge in [-0.15, -0.1) is 0 Å². The van der Waals surface area contributed by atoms with E-state index in [-0.39, 0.29) is 0 Å². The van der Waals surface area contributed by atoms with Crippen molar-refractivity contribution in [2.24, 2.45) is 0 Å². The van der Waals surface area contributed by atoms with Crippen LogP contribution in [0.25, 0.3) is 0 Å². The normalized spacial score (nSPS) is 21.3. The van der Waals surface area contributed by atoms with E-state index in [1.807, 2.05) is 37.7 Å². The number of rotatable bonds is 7. The van der Waals surface area contributed by atoms with Crippen molar-refractivity contribution >= 4 is 29.6 Å². The van der Waals surface area contributed by atoms with E-state index in [4.69, 9.17) is 0 Å². The Kier molecular flexibility index (Phi) is 5.90. The Labute approximate surface area is 131 Å². The molecule has 6 nitrogen and oxygen atoms in total. The molecular weight excluding hydrogens is 284 g/mol. The number of hydrogen-bond acceptors (Lipinski definition) is 7. The van der Waals surface area contributed by atoms with Crippen molar-refractivity contribution in [3.8, 4) is 0 Å². The van der Waals surface area contributed by atoms with Crippen LogP contribution in [0, 0.1) is 0 Å². The maximum atomic E-state index is 4.52. The fourth-order valence-corrected chi connectivity index (χ4v) is 3.73. The molecule has 2 unspecified atom stereocenters. The maximum absolute atomic E-state index is 4.52. The predicted octanol–water partition coefficient (Wildman–Crippen LogP) is 2.46. The second kappa shape index (κ2) is 7.68. The molecule has 0 bridgehead atoms. The standard InChI is InChI=1S/C14H26N6S/c1-5-15-12-17-13(19-14(18-12)20(3)4)16-10-8-7-9-11(10)21-6-2/h10-11H,5-9H2,1-4H3,(H2,15,16,17,18,19). The number of anilines is 3. The van der Waals surface area contributed by atoms with Gasteiger partial charge in [-0.1, -0.05) is 13.3 Å². The first-order valence-electron chi connectivity index (χ1n) is 7.69. The lowest BCUT2D eigenvalue weighted by Gasteiger charge is -2.21. The van der Waals surface area contributed by atoms with Gasteiger partial charge in [0.1, 0.15) is 0 Å². The van der Waals surface area contributed by atoms with Crippen LogP contribution in [0.4, 0.5) is 17.8 Å². The van der Waals surface area contributed by atoms with E-state index < -0.39 is 0 Å². The molecule has 0 aliphatic heterocycles. The molecule has 7 heteroatoms. The summed E-state index contributed by atoms with van der Waals surface area (Å²) in [5.41, 5.74) is 0. The first-order chi connectivity index (χ1) is 10.1. The molecule has 1 saturated carbocycles. The Balaban J connectivity index is 2.14. The van der Waals surface area contributed by atoms with Gasteiger partial charge in [-0.3, -0.25) is 0 Å². The molecule has 1 aliphatic rings. The van der Waals surface area contributed by atoms with Gasteiger partial charge in [0.15, 0.2) is 0 Å². The fraction of sp³-hybridized carbons (Fsp3) is 0.786. The second-order valence-electron chi connectivity index (χ2n) is 5.38. The Hall–Kier alpha value is -1.24. The Bertz CT molecular complexity index is 453. The summed E-state index contributed by atoms with van der Waals surface area (Å²) in [5, 5.41) is 7.35. The van der Waals surface area contributed by atoms with Gasteiger partial charge in [0.2, 0.25) is 17.8 Å². The van der Waals surface area contributed by atoms with Crippen LogP contribution in [0.3, 0.4) is 0 Å².